The summed E-state index contributed by atoms with van der Waals surface area (Å²) >= 11 is 0. The molecule has 1 unspecified atom stereocenters. The summed E-state index contributed by atoms with van der Waals surface area (Å²) < 4.78 is 31.8. The maximum Gasteiger partial charge on any atom is 1.00 e. The van der Waals surface area contributed by atoms with Gasteiger partial charge in [0.25, 0.3) is 0 Å². The smallest absolute Gasteiger partial charge is 0.747 e. The average Bonchev–Trinajstić information content (AvgIpc) is 2.03. The molecule has 1 rings (SSSR count). The minimum atomic E-state index is -4.30. The maximum absolute atomic E-state index is 10.6. The van der Waals surface area contributed by atoms with E-state index in [9.17, 15) is 13.0 Å². The van der Waals surface area contributed by atoms with Crippen LogP contribution in [0.5, 0.6) is 5.75 Å². The number of phenolic OH excluding ortho intramolecular Hbond substituents is 1. The molecule has 0 aliphatic carbocycles. The number of hydrogen-bond donors (Lipinski definition) is 1. The fourth-order valence-corrected chi connectivity index (χ4v) is 1.40. The summed E-state index contributed by atoms with van der Waals surface area (Å²) in [4.78, 5) is 0. The van der Waals surface area contributed by atoms with Crippen molar-refractivity contribution in [2.24, 2.45) is 0 Å². The Kier molecular flexibility index (Phi) is 5.11. The van der Waals surface area contributed by atoms with E-state index in [-0.39, 0.29) is 35.3 Å². The van der Waals surface area contributed by atoms with E-state index in [4.69, 9.17) is 5.11 Å². The van der Waals surface area contributed by atoms with Crippen LogP contribution in [-0.2, 0) is 10.1 Å². The molecule has 72 valence electrons. The van der Waals surface area contributed by atoms with Crippen molar-refractivity contribution >= 4 is 10.1 Å². The van der Waals surface area contributed by atoms with E-state index >= 15 is 0 Å². The fraction of sp³-hybridized carbons (Fsp3) is 0.250. The molecule has 0 bridgehead atoms. The molecule has 0 radical (unpaired) electrons. The first kappa shape index (κ1) is 13.9. The number of rotatable bonds is 2. The predicted octanol–water partition coefficient (Wildman–Crippen LogP) is -2.00. The van der Waals surface area contributed by atoms with Crippen LogP contribution in [0.2, 0.25) is 0 Å². The summed E-state index contributed by atoms with van der Waals surface area (Å²) in [5.41, 5.74) is 0.382. The van der Waals surface area contributed by atoms with Crippen molar-refractivity contribution in [1.82, 2.24) is 0 Å². The quantitative estimate of drug-likeness (QED) is 0.465. The zero-order valence-corrected chi connectivity index (χ0v) is 10.8. The van der Waals surface area contributed by atoms with Crippen molar-refractivity contribution in [1.29, 1.82) is 0 Å². The third-order valence-electron chi connectivity index (χ3n) is 1.80. The van der Waals surface area contributed by atoms with Crippen LogP contribution in [0.4, 0.5) is 0 Å². The molecule has 0 aromatic heterocycles. The van der Waals surface area contributed by atoms with Crippen molar-refractivity contribution in [2.75, 3.05) is 0 Å². The molecule has 1 N–H and O–H groups in total. The zero-order valence-electron chi connectivity index (χ0n) is 7.97. The van der Waals surface area contributed by atoms with Crippen molar-refractivity contribution in [3.8, 4) is 5.75 Å². The molecule has 0 fully saturated rings. The first-order valence-corrected chi connectivity index (χ1v) is 5.12. The second-order valence-electron chi connectivity index (χ2n) is 2.73. The Morgan fingerprint density at radius 1 is 1.29 bits per heavy atom. The Balaban J connectivity index is 0.00000169. The predicted molar refractivity (Wildman–Crippen MR) is 46.2 cm³/mol. The zero-order chi connectivity index (χ0) is 10.1. The van der Waals surface area contributed by atoms with Crippen LogP contribution >= 0.6 is 0 Å². The largest absolute Gasteiger partial charge is 1.00 e. The van der Waals surface area contributed by atoms with E-state index in [0.717, 1.165) is 0 Å². The summed E-state index contributed by atoms with van der Waals surface area (Å²) in [5, 5.41) is 7.84. The normalized spacial score (nSPS) is 13.0. The third-order valence-corrected chi connectivity index (χ3v) is 2.93. The Morgan fingerprint density at radius 2 is 1.71 bits per heavy atom. The molecule has 4 nitrogen and oxygen atoms in total. The number of aromatic hydroxyl groups is 1. The second kappa shape index (κ2) is 5.14. The Labute approximate surface area is 105 Å². The van der Waals surface area contributed by atoms with Crippen molar-refractivity contribution in [3.63, 3.8) is 0 Å². The molecule has 1 aromatic rings. The first-order chi connectivity index (χ1) is 5.91. The van der Waals surface area contributed by atoms with Crippen LogP contribution in [0, 0.1) is 0 Å². The van der Waals surface area contributed by atoms with Crippen LogP contribution < -0.4 is 29.6 Å². The third kappa shape index (κ3) is 3.59. The summed E-state index contributed by atoms with van der Waals surface area (Å²) in [6.07, 6.45) is 0. The van der Waals surface area contributed by atoms with E-state index in [1.54, 1.807) is 0 Å². The van der Waals surface area contributed by atoms with E-state index in [2.05, 4.69) is 0 Å². The summed E-state index contributed by atoms with van der Waals surface area (Å²) in [5.74, 6) is 0.0410. The maximum atomic E-state index is 10.6. The minimum absolute atomic E-state index is 0. The van der Waals surface area contributed by atoms with Gasteiger partial charge in [-0.3, -0.25) is 0 Å². The molecular formula is C8H9NaO4S. The molecular weight excluding hydrogens is 215 g/mol. The molecule has 0 saturated carbocycles. The van der Waals surface area contributed by atoms with Crippen molar-refractivity contribution in [3.05, 3.63) is 29.8 Å². The second-order valence-corrected chi connectivity index (χ2v) is 4.42. The van der Waals surface area contributed by atoms with Gasteiger partial charge in [-0.1, -0.05) is 12.1 Å². The van der Waals surface area contributed by atoms with E-state index in [1.165, 1.54) is 31.2 Å². The van der Waals surface area contributed by atoms with Crippen LogP contribution in [-0.4, -0.2) is 18.1 Å². The molecule has 0 aliphatic rings. The van der Waals surface area contributed by atoms with Gasteiger partial charge in [0.2, 0.25) is 0 Å². The SMILES string of the molecule is CC(c1ccc(O)cc1)S(=O)(=O)[O-].[Na+]. The van der Waals surface area contributed by atoms with E-state index in [0.29, 0.717) is 5.56 Å². The van der Waals surface area contributed by atoms with E-state index in [1.807, 2.05) is 0 Å². The Morgan fingerprint density at radius 3 is 2.07 bits per heavy atom. The number of hydrogen-bond acceptors (Lipinski definition) is 4. The topological polar surface area (TPSA) is 77.4 Å². The van der Waals surface area contributed by atoms with Crippen molar-refractivity contribution < 1.29 is 47.6 Å². The van der Waals surface area contributed by atoms with Crippen LogP contribution in [0.1, 0.15) is 17.7 Å². The summed E-state index contributed by atoms with van der Waals surface area (Å²) in [7, 11) is -4.30. The molecule has 1 aromatic carbocycles. The monoisotopic (exact) mass is 224 g/mol. The van der Waals surface area contributed by atoms with Gasteiger partial charge in [-0.15, -0.1) is 0 Å². The molecule has 0 spiro atoms. The number of benzene rings is 1. The van der Waals surface area contributed by atoms with Gasteiger partial charge in [0.15, 0.2) is 0 Å². The Hall–Kier alpha value is -0.0700. The molecule has 0 heterocycles. The van der Waals surface area contributed by atoms with Gasteiger partial charge in [0.1, 0.15) is 15.9 Å². The summed E-state index contributed by atoms with van der Waals surface area (Å²) in [6, 6.07) is 5.51. The van der Waals surface area contributed by atoms with Crippen LogP contribution in [0.25, 0.3) is 0 Å². The average molecular weight is 224 g/mol. The molecule has 0 amide bonds. The van der Waals surface area contributed by atoms with Gasteiger partial charge in [-0.2, -0.15) is 0 Å². The van der Waals surface area contributed by atoms with Gasteiger partial charge in [-0.05, 0) is 24.6 Å². The first-order valence-electron chi connectivity index (χ1n) is 3.65. The van der Waals surface area contributed by atoms with Crippen molar-refractivity contribution in [2.45, 2.75) is 12.2 Å². The molecule has 14 heavy (non-hydrogen) atoms. The molecule has 6 heteroatoms. The van der Waals surface area contributed by atoms with E-state index < -0.39 is 15.4 Å². The molecule has 0 aliphatic heterocycles. The minimum Gasteiger partial charge on any atom is -0.747 e. The van der Waals surface area contributed by atoms with Gasteiger partial charge in [0.05, 0.1) is 5.25 Å². The number of phenols is 1. The fourth-order valence-electron chi connectivity index (χ4n) is 0.912. The van der Waals surface area contributed by atoms with Gasteiger partial charge < -0.3 is 9.66 Å². The standard InChI is InChI=1S/C8H10O4S.Na/c1-6(13(10,11)12)7-2-4-8(9)5-3-7;/h2-6,9H,1H3,(H,10,11,12);/q;+1/p-1. The summed E-state index contributed by atoms with van der Waals surface area (Å²) in [6.45, 7) is 1.31. The van der Waals surface area contributed by atoms with Gasteiger partial charge in [0, 0.05) is 0 Å². The Bertz CT molecular complexity index is 384. The van der Waals surface area contributed by atoms with Gasteiger partial charge in [-0.25, -0.2) is 8.42 Å². The molecule has 1 atom stereocenters. The van der Waals surface area contributed by atoms with Gasteiger partial charge >= 0.3 is 29.6 Å². The molecule has 0 saturated heterocycles. The van der Waals surface area contributed by atoms with Crippen LogP contribution in [0.3, 0.4) is 0 Å². The van der Waals surface area contributed by atoms with Crippen LogP contribution in [0.15, 0.2) is 24.3 Å².